The number of hydrogen-bond donors (Lipinski definition) is 2. The summed E-state index contributed by atoms with van der Waals surface area (Å²) >= 11 is 0. The van der Waals surface area contributed by atoms with Crippen molar-refractivity contribution in [3.8, 4) is 0 Å². The van der Waals surface area contributed by atoms with Gasteiger partial charge < -0.3 is 15.3 Å². The molecular weight excluding hydrogens is 240 g/mol. The number of nitrogens with zero attached hydrogens (tertiary/aromatic N) is 1. The summed E-state index contributed by atoms with van der Waals surface area (Å²) in [7, 11) is 0. The van der Waals surface area contributed by atoms with Gasteiger partial charge in [0.25, 0.3) is 0 Å². The number of nitrogens with one attached hydrogen (secondary N) is 1. The van der Waals surface area contributed by atoms with Crippen LogP contribution >= 0.6 is 0 Å². The largest absolute Gasteiger partial charge is 0.480 e. The molecule has 1 unspecified atom stereocenters. The minimum atomic E-state index is -0.800. The summed E-state index contributed by atoms with van der Waals surface area (Å²) in [5, 5.41) is 12.2. The first-order valence-corrected chi connectivity index (χ1v) is 6.96. The Balaban J connectivity index is 2.12. The van der Waals surface area contributed by atoms with E-state index in [0.29, 0.717) is 6.42 Å². The fourth-order valence-electron chi connectivity index (χ4n) is 2.51. The predicted octanol–water partition coefficient (Wildman–Crippen LogP) is 2.87. The number of carboxylic acids is 1. The van der Waals surface area contributed by atoms with E-state index < -0.39 is 12.0 Å². The molecule has 19 heavy (non-hydrogen) atoms. The number of carbonyl (C=O) groups is 1. The Bertz CT molecular complexity index is 453. The molecule has 0 radical (unpaired) electrons. The summed E-state index contributed by atoms with van der Waals surface area (Å²) in [6.07, 6.45) is 3.09. The molecule has 1 aromatic rings. The Morgan fingerprint density at radius 3 is 2.63 bits per heavy atom. The van der Waals surface area contributed by atoms with Gasteiger partial charge in [0.15, 0.2) is 0 Å². The zero-order chi connectivity index (χ0) is 13.8. The number of benzene rings is 1. The number of anilines is 2. The Morgan fingerprint density at radius 1 is 1.42 bits per heavy atom. The highest BCUT2D eigenvalue weighted by molar-refractivity contribution is 5.78. The van der Waals surface area contributed by atoms with Crippen molar-refractivity contribution in [3.63, 3.8) is 0 Å². The smallest absolute Gasteiger partial charge is 0.326 e. The molecule has 1 aliphatic heterocycles. The third-order valence-corrected chi connectivity index (χ3v) is 3.72. The minimum absolute atomic E-state index is 0.517. The van der Waals surface area contributed by atoms with E-state index in [1.165, 1.54) is 18.5 Å². The summed E-state index contributed by atoms with van der Waals surface area (Å²) in [5.41, 5.74) is 3.25. The second-order valence-corrected chi connectivity index (χ2v) is 5.14. The third-order valence-electron chi connectivity index (χ3n) is 3.72. The molecular formula is C15H22N2O2. The van der Waals surface area contributed by atoms with Crippen molar-refractivity contribution in [2.45, 2.75) is 39.2 Å². The normalized spacial score (nSPS) is 16.4. The highest BCUT2D eigenvalue weighted by Crippen LogP contribution is 2.26. The van der Waals surface area contributed by atoms with Crippen LogP contribution in [-0.2, 0) is 4.79 Å². The maximum Gasteiger partial charge on any atom is 0.326 e. The number of carboxylic acid groups (broad SMARTS) is 1. The van der Waals surface area contributed by atoms with E-state index >= 15 is 0 Å². The second-order valence-electron chi connectivity index (χ2n) is 5.14. The molecule has 0 aliphatic carbocycles. The van der Waals surface area contributed by atoms with E-state index in [0.717, 1.165) is 24.3 Å². The fraction of sp³-hybridized carbons (Fsp3) is 0.533. The Morgan fingerprint density at radius 2 is 2.11 bits per heavy atom. The van der Waals surface area contributed by atoms with Gasteiger partial charge in [-0.3, -0.25) is 0 Å². The van der Waals surface area contributed by atoms with Crippen LogP contribution in [-0.4, -0.2) is 30.2 Å². The average molecular weight is 262 g/mol. The lowest BCUT2D eigenvalue weighted by atomic mass is 10.1. The van der Waals surface area contributed by atoms with Crippen molar-refractivity contribution in [3.05, 3.63) is 23.8 Å². The number of hydrogen-bond acceptors (Lipinski definition) is 3. The lowest BCUT2D eigenvalue weighted by molar-refractivity contribution is -0.137. The van der Waals surface area contributed by atoms with Gasteiger partial charge in [0.1, 0.15) is 6.04 Å². The first-order chi connectivity index (χ1) is 9.11. The van der Waals surface area contributed by atoms with Crippen molar-refractivity contribution in [1.82, 2.24) is 0 Å². The van der Waals surface area contributed by atoms with Crippen LogP contribution in [0.1, 0.15) is 31.7 Å². The second kappa shape index (κ2) is 5.95. The predicted molar refractivity (Wildman–Crippen MR) is 78.0 cm³/mol. The van der Waals surface area contributed by atoms with Gasteiger partial charge in [0, 0.05) is 24.5 Å². The van der Waals surface area contributed by atoms with Crippen molar-refractivity contribution >= 4 is 17.3 Å². The summed E-state index contributed by atoms with van der Waals surface area (Å²) in [5.74, 6) is -0.800. The molecule has 1 heterocycles. The quantitative estimate of drug-likeness (QED) is 0.856. The molecule has 2 N–H and O–H groups in total. The van der Waals surface area contributed by atoms with Gasteiger partial charge in [-0.25, -0.2) is 4.79 Å². The molecule has 0 amide bonds. The van der Waals surface area contributed by atoms with Gasteiger partial charge in [-0.2, -0.15) is 0 Å². The number of aryl methyl sites for hydroxylation is 1. The molecule has 0 spiro atoms. The van der Waals surface area contributed by atoms with Crippen molar-refractivity contribution in [2.24, 2.45) is 0 Å². The van der Waals surface area contributed by atoms with Crippen LogP contribution in [0, 0.1) is 6.92 Å². The molecule has 0 saturated carbocycles. The zero-order valence-electron chi connectivity index (χ0n) is 11.6. The van der Waals surface area contributed by atoms with Crippen LogP contribution in [0.3, 0.4) is 0 Å². The summed E-state index contributed by atoms with van der Waals surface area (Å²) in [4.78, 5) is 13.4. The molecule has 1 saturated heterocycles. The topological polar surface area (TPSA) is 52.6 Å². The van der Waals surface area contributed by atoms with Crippen molar-refractivity contribution in [2.75, 3.05) is 23.3 Å². The molecule has 2 rings (SSSR count). The van der Waals surface area contributed by atoms with Crippen LogP contribution in [0.4, 0.5) is 11.4 Å². The van der Waals surface area contributed by atoms with Gasteiger partial charge in [0.2, 0.25) is 0 Å². The van der Waals surface area contributed by atoms with Crippen LogP contribution in [0.15, 0.2) is 18.2 Å². The first kappa shape index (κ1) is 13.7. The third kappa shape index (κ3) is 3.19. The van der Waals surface area contributed by atoms with E-state index in [4.69, 9.17) is 5.11 Å². The lowest BCUT2D eigenvalue weighted by Crippen LogP contribution is -2.28. The van der Waals surface area contributed by atoms with Gasteiger partial charge in [-0.1, -0.05) is 6.92 Å². The van der Waals surface area contributed by atoms with Gasteiger partial charge in [-0.05, 0) is 49.9 Å². The Hall–Kier alpha value is -1.71. The maximum atomic E-state index is 11.1. The molecule has 1 aromatic carbocycles. The van der Waals surface area contributed by atoms with Crippen molar-refractivity contribution < 1.29 is 9.90 Å². The summed E-state index contributed by atoms with van der Waals surface area (Å²) < 4.78 is 0. The van der Waals surface area contributed by atoms with Gasteiger partial charge in [-0.15, -0.1) is 0 Å². The Labute approximate surface area is 114 Å². The van der Waals surface area contributed by atoms with E-state index in [2.05, 4.69) is 22.3 Å². The van der Waals surface area contributed by atoms with Gasteiger partial charge in [0.05, 0.1) is 0 Å². The molecule has 1 fully saturated rings. The highest BCUT2D eigenvalue weighted by Gasteiger charge is 2.17. The van der Waals surface area contributed by atoms with Crippen LogP contribution in [0.5, 0.6) is 0 Å². The summed E-state index contributed by atoms with van der Waals surface area (Å²) in [6, 6.07) is 5.70. The zero-order valence-corrected chi connectivity index (χ0v) is 11.6. The maximum absolute atomic E-state index is 11.1. The number of rotatable bonds is 5. The SMILES string of the molecule is CCC(Nc1ccc(N2CCCC2)cc1C)C(=O)O. The minimum Gasteiger partial charge on any atom is -0.480 e. The molecule has 0 aromatic heterocycles. The first-order valence-electron chi connectivity index (χ1n) is 6.96. The highest BCUT2D eigenvalue weighted by atomic mass is 16.4. The molecule has 0 bridgehead atoms. The molecule has 4 heteroatoms. The van der Waals surface area contributed by atoms with E-state index in [-0.39, 0.29) is 0 Å². The van der Waals surface area contributed by atoms with Crippen LogP contribution < -0.4 is 10.2 Å². The van der Waals surface area contributed by atoms with Crippen LogP contribution in [0.2, 0.25) is 0 Å². The molecule has 104 valence electrons. The molecule has 1 aliphatic rings. The average Bonchev–Trinajstić information content (AvgIpc) is 2.90. The van der Waals surface area contributed by atoms with E-state index in [1.807, 2.05) is 19.9 Å². The van der Waals surface area contributed by atoms with E-state index in [9.17, 15) is 4.79 Å². The standard InChI is InChI=1S/C15H22N2O2/c1-3-13(15(18)19)16-14-7-6-12(10-11(14)2)17-8-4-5-9-17/h6-7,10,13,16H,3-5,8-9H2,1-2H3,(H,18,19). The Kier molecular flexibility index (Phi) is 4.30. The monoisotopic (exact) mass is 262 g/mol. The van der Waals surface area contributed by atoms with Gasteiger partial charge >= 0.3 is 5.97 Å². The van der Waals surface area contributed by atoms with Crippen LogP contribution in [0.25, 0.3) is 0 Å². The van der Waals surface area contributed by atoms with Crippen molar-refractivity contribution in [1.29, 1.82) is 0 Å². The van der Waals surface area contributed by atoms with E-state index in [1.54, 1.807) is 0 Å². The lowest BCUT2D eigenvalue weighted by Gasteiger charge is -2.21. The molecule has 4 nitrogen and oxygen atoms in total. The molecule has 1 atom stereocenters. The fourth-order valence-corrected chi connectivity index (χ4v) is 2.51. The summed E-state index contributed by atoms with van der Waals surface area (Å²) in [6.45, 7) is 6.15. The number of aliphatic carboxylic acids is 1.